The maximum absolute atomic E-state index is 11.0. The third kappa shape index (κ3) is 11.6. The van der Waals surface area contributed by atoms with E-state index in [9.17, 15) is 4.79 Å². The average molecular weight is 439 g/mol. The predicted molar refractivity (Wildman–Crippen MR) is 106 cm³/mol. The van der Waals surface area contributed by atoms with Gasteiger partial charge in [-0.3, -0.25) is 9.79 Å². The number of unbranched alkanes of at least 4 members (excludes halogenated alkanes) is 1. The molecule has 1 rings (SSSR count). The molecule has 0 radical (unpaired) electrons. The quantitative estimate of drug-likeness (QED) is 0.190. The molecule has 1 fully saturated rings. The van der Waals surface area contributed by atoms with Gasteiger partial charge in [0.1, 0.15) is 0 Å². The second-order valence-corrected chi connectivity index (χ2v) is 6.11. The third-order valence-electron chi connectivity index (χ3n) is 4.36. The number of hydrogen-bond acceptors (Lipinski definition) is 3. The number of halogens is 1. The predicted octanol–water partition coefficient (Wildman–Crippen LogP) is 3.47. The van der Waals surface area contributed by atoms with Crippen LogP contribution in [-0.4, -0.2) is 39.2 Å². The molecule has 6 heteroatoms. The minimum atomic E-state index is -0.134. The highest BCUT2D eigenvalue weighted by molar-refractivity contribution is 14.0. The van der Waals surface area contributed by atoms with Gasteiger partial charge in [-0.15, -0.1) is 24.0 Å². The molecule has 0 bridgehead atoms. The topological polar surface area (TPSA) is 62.7 Å². The Hall–Kier alpha value is -0.530. The number of esters is 1. The van der Waals surface area contributed by atoms with Crippen LogP contribution in [0, 0.1) is 5.92 Å². The summed E-state index contributed by atoms with van der Waals surface area (Å²) in [7, 11) is 3.23. The molecule has 0 aromatic heterocycles. The van der Waals surface area contributed by atoms with Crippen molar-refractivity contribution in [3.05, 3.63) is 0 Å². The lowest BCUT2D eigenvalue weighted by Gasteiger charge is -2.21. The van der Waals surface area contributed by atoms with E-state index >= 15 is 0 Å². The van der Waals surface area contributed by atoms with Crippen LogP contribution in [0.1, 0.15) is 64.2 Å². The van der Waals surface area contributed by atoms with Crippen molar-refractivity contribution in [2.24, 2.45) is 10.9 Å². The van der Waals surface area contributed by atoms with Crippen LogP contribution in [0.3, 0.4) is 0 Å². The van der Waals surface area contributed by atoms with E-state index in [1.54, 1.807) is 7.05 Å². The van der Waals surface area contributed by atoms with E-state index in [1.807, 2.05) is 0 Å². The van der Waals surface area contributed by atoms with Gasteiger partial charge in [0, 0.05) is 26.6 Å². The first-order valence-electron chi connectivity index (χ1n) is 8.77. The van der Waals surface area contributed by atoms with Gasteiger partial charge in [0.25, 0.3) is 0 Å². The maximum Gasteiger partial charge on any atom is 0.305 e. The molecule has 0 aromatic carbocycles. The van der Waals surface area contributed by atoms with Gasteiger partial charge in [0.05, 0.1) is 7.11 Å². The fraction of sp³-hybridized carbons (Fsp3) is 0.882. The Kier molecular flexibility index (Phi) is 14.7. The second-order valence-electron chi connectivity index (χ2n) is 6.11. The first kappa shape index (κ1) is 22.5. The Morgan fingerprint density at radius 1 is 1.09 bits per heavy atom. The summed E-state index contributed by atoms with van der Waals surface area (Å²) in [4.78, 5) is 15.2. The van der Waals surface area contributed by atoms with E-state index in [-0.39, 0.29) is 29.9 Å². The summed E-state index contributed by atoms with van der Waals surface area (Å²) < 4.78 is 4.62. The summed E-state index contributed by atoms with van der Waals surface area (Å²) in [6, 6.07) is 0. The van der Waals surface area contributed by atoms with Gasteiger partial charge in [-0.05, 0) is 31.6 Å². The van der Waals surface area contributed by atoms with Crippen molar-refractivity contribution in [2.75, 3.05) is 27.2 Å². The SMILES string of the molecule is CN=C(NCCCCC(=O)OC)NCCCC1CCCCC1.I. The van der Waals surface area contributed by atoms with Gasteiger partial charge in [0.15, 0.2) is 5.96 Å². The Morgan fingerprint density at radius 2 is 1.74 bits per heavy atom. The average Bonchev–Trinajstić information content (AvgIpc) is 2.57. The number of hydrogen-bond donors (Lipinski definition) is 2. The van der Waals surface area contributed by atoms with Crippen molar-refractivity contribution >= 4 is 35.9 Å². The number of guanidine groups is 1. The molecule has 1 aliphatic rings. The van der Waals surface area contributed by atoms with E-state index in [0.717, 1.165) is 37.8 Å². The molecule has 0 heterocycles. The van der Waals surface area contributed by atoms with Crippen molar-refractivity contribution in [3.63, 3.8) is 0 Å². The van der Waals surface area contributed by atoms with Gasteiger partial charge >= 0.3 is 5.97 Å². The normalized spacial score (nSPS) is 15.7. The van der Waals surface area contributed by atoms with Crippen molar-refractivity contribution < 1.29 is 9.53 Å². The van der Waals surface area contributed by atoms with Crippen LogP contribution in [0.2, 0.25) is 0 Å². The van der Waals surface area contributed by atoms with Gasteiger partial charge < -0.3 is 15.4 Å². The molecule has 2 N–H and O–H groups in total. The van der Waals surface area contributed by atoms with E-state index in [0.29, 0.717) is 6.42 Å². The van der Waals surface area contributed by atoms with Crippen LogP contribution in [0.5, 0.6) is 0 Å². The number of rotatable bonds is 9. The Labute approximate surface area is 158 Å². The van der Waals surface area contributed by atoms with E-state index in [1.165, 1.54) is 52.1 Å². The van der Waals surface area contributed by atoms with E-state index in [2.05, 4.69) is 20.4 Å². The number of carbonyl (C=O) groups is 1. The largest absolute Gasteiger partial charge is 0.469 e. The lowest BCUT2D eigenvalue weighted by atomic mass is 9.86. The molecule has 1 saturated carbocycles. The highest BCUT2D eigenvalue weighted by Crippen LogP contribution is 2.26. The molecule has 23 heavy (non-hydrogen) atoms. The van der Waals surface area contributed by atoms with E-state index < -0.39 is 0 Å². The Balaban J connectivity index is 0.00000484. The maximum atomic E-state index is 11.0. The van der Waals surface area contributed by atoms with Gasteiger partial charge in [-0.2, -0.15) is 0 Å². The molecule has 1 aliphatic carbocycles. The monoisotopic (exact) mass is 439 g/mol. The second kappa shape index (κ2) is 15.0. The molecule has 0 unspecified atom stereocenters. The van der Waals surface area contributed by atoms with Crippen LogP contribution in [-0.2, 0) is 9.53 Å². The molecule has 5 nitrogen and oxygen atoms in total. The van der Waals surface area contributed by atoms with Crippen LogP contribution < -0.4 is 10.6 Å². The third-order valence-corrected chi connectivity index (χ3v) is 4.36. The zero-order valence-corrected chi connectivity index (χ0v) is 17.1. The first-order valence-corrected chi connectivity index (χ1v) is 8.77. The number of ether oxygens (including phenoxy) is 1. The van der Waals surface area contributed by atoms with Crippen LogP contribution in [0.15, 0.2) is 4.99 Å². The Morgan fingerprint density at radius 3 is 2.35 bits per heavy atom. The lowest BCUT2D eigenvalue weighted by molar-refractivity contribution is -0.140. The fourth-order valence-electron chi connectivity index (χ4n) is 3.00. The summed E-state index contributed by atoms with van der Waals surface area (Å²) in [5.74, 6) is 1.68. The number of methoxy groups -OCH3 is 1. The summed E-state index contributed by atoms with van der Waals surface area (Å²) in [6.07, 6.45) is 12.0. The molecule has 136 valence electrons. The minimum absolute atomic E-state index is 0. The summed E-state index contributed by atoms with van der Waals surface area (Å²) in [6.45, 7) is 1.82. The number of nitrogens with zero attached hydrogens (tertiary/aromatic N) is 1. The fourth-order valence-corrected chi connectivity index (χ4v) is 3.00. The number of aliphatic imine (C=N–C) groups is 1. The summed E-state index contributed by atoms with van der Waals surface area (Å²) >= 11 is 0. The first-order chi connectivity index (χ1) is 10.8. The lowest BCUT2D eigenvalue weighted by Crippen LogP contribution is -2.38. The zero-order valence-electron chi connectivity index (χ0n) is 14.7. The molecule has 0 atom stereocenters. The molecule has 0 aliphatic heterocycles. The van der Waals surface area contributed by atoms with Crippen LogP contribution in [0.4, 0.5) is 0 Å². The molecule has 0 spiro atoms. The van der Waals surface area contributed by atoms with Gasteiger partial charge in [0.2, 0.25) is 0 Å². The molecule has 0 aromatic rings. The molecule has 0 saturated heterocycles. The number of carbonyl (C=O) groups excluding carboxylic acids is 1. The summed E-state index contributed by atoms with van der Waals surface area (Å²) in [5, 5.41) is 6.65. The number of nitrogens with one attached hydrogen (secondary N) is 2. The van der Waals surface area contributed by atoms with Crippen molar-refractivity contribution in [1.29, 1.82) is 0 Å². The van der Waals surface area contributed by atoms with Crippen molar-refractivity contribution in [2.45, 2.75) is 64.2 Å². The summed E-state index contributed by atoms with van der Waals surface area (Å²) in [5.41, 5.74) is 0. The van der Waals surface area contributed by atoms with Crippen molar-refractivity contribution in [3.8, 4) is 0 Å². The standard InChI is InChI=1S/C17H33N3O2.HI/c1-18-17(19-13-7-6-12-16(21)22-2)20-14-8-11-15-9-4-3-5-10-15;/h15H,3-14H2,1-2H3,(H2,18,19,20);1H. The highest BCUT2D eigenvalue weighted by Gasteiger charge is 2.12. The Bertz CT molecular complexity index is 332. The molecular formula is C17H34IN3O2. The smallest absolute Gasteiger partial charge is 0.305 e. The zero-order chi connectivity index (χ0) is 16.0. The molecule has 0 amide bonds. The highest BCUT2D eigenvalue weighted by atomic mass is 127. The molecular weight excluding hydrogens is 405 g/mol. The minimum Gasteiger partial charge on any atom is -0.469 e. The van der Waals surface area contributed by atoms with E-state index in [4.69, 9.17) is 0 Å². The van der Waals surface area contributed by atoms with Crippen LogP contribution >= 0.6 is 24.0 Å². The van der Waals surface area contributed by atoms with Crippen molar-refractivity contribution in [1.82, 2.24) is 10.6 Å². The van der Waals surface area contributed by atoms with Gasteiger partial charge in [-0.1, -0.05) is 32.1 Å². The van der Waals surface area contributed by atoms with Crippen LogP contribution in [0.25, 0.3) is 0 Å². The van der Waals surface area contributed by atoms with Gasteiger partial charge in [-0.25, -0.2) is 0 Å².